The zero-order valence-electron chi connectivity index (χ0n) is 23.5. The summed E-state index contributed by atoms with van der Waals surface area (Å²) in [6.07, 6.45) is 0. The molecule has 0 N–H and O–H groups in total. The summed E-state index contributed by atoms with van der Waals surface area (Å²) in [4.78, 5) is 14.7. The second kappa shape index (κ2) is 9.35. The molecule has 0 fully saturated rings. The highest BCUT2D eigenvalue weighted by Gasteiger charge is 2.40. The molecule has 1 aliphatic rings. The fourth-order valence-corrected chi connectivity index (χ4v) is 6.46. The first-order chi connectivity index (χ1) is 20.6. The van der Waals surface area contributed by atoms with Gasteiger partial charge in [0.15, 0.2) is 17.5 Å². The first kappa shape index (κ1) is 24.4. The van der Waals surface area contributed by atoms with Gasteiger partial charge in [-0.05, 0) is 41.5 Å². The molecule has 0 bridgehead atoms. The molecule has 4 heteroatoms. The summed E-state index contributed by atoms with van der Waals surface area (Å²) < 4.78 is 2.42. The van der Waals surface area contributed by atoms with Crippen LogP contribution < -0.4 is 0 Å². The molecule has 42 heavy (non-hydrogen) atoms. The minimum Gasteiger partial charge on any atom is -0.309 e. The van der Waals surface area contributed by atoms with Crippen LogP contribution in [-0.2, 0) is 5.41 Å². The molecule has 0 spiro atoms. The molecule has 0 radical (unpaired) electrons. The molecule has 2 heterocycles. The fourth-order valence-electron chi connectivity index (χ4n) is 6.46. The van der Waals surface area contributed by atoms with Crippen molar-refractivity contribution in [1.82, 2.24) is 19.5 Å². The predicted molar refractivity (Wildman–Crippen MR) is 171 cm³/mol. The Kier molecular flexibility index (Phi) is 5.44. The van der Waals surface area contributed by atoms with Gasteiger partial charge in [-0.1, -0.05) is 117 Å². The van der Waals surface area contributed by atoms with Crippen LogP contribution in [0.2, 0.25) is 0 Å². The largest absolute Gasteiger partial charge is 0.309 e. The monoisotopic (exact) mass is 540 g/mol. The zero-order chi connectivity index (χ0) is 28.3. The Morgan fingerprint density at radius 1 is 0.500 bits per heavy atom. The van der Waals surface area contributed by atoms with Crippen molar-refractivity contribution in [2.45, 2.75) is 19.3 Å². The maximum Gasteiger partial charge on any atom is 0.164 e. The fraction of sp³-hybridized carbons (Fsp3) is 0.0789. The number of nitrogens with zero attached hydrogens (tertiary/aromatic N) is 4. The molecule has 4 nitrogen and oxygen atoms in total. The van der Waals surface area contributed by atoms with Crippen molar-refractivity contribution in [1.29, 1.82) is 0 Å². The summed E-state index contributed by atoms with van der Waals surface area (Å²) in [6.45, 7) is 4.68. The molecule has 0 amide bonds. The van der Waals surface area contributed by atoms with Crippen molar-refractivity contribution < 1.29 is 0 Å². The molecule has 0 saturated heterocycles. The lowest BCUT2D eigenvalue weighted by molar-refractivity contribution is 0.666. The minimum absolute atomic E-state index is 0.0801. The third-order valence-electron chi connectivity index (χ3n) is 8.44. The number of benzene rings is 5. The van der Waals surface area contributed by atoms with Crippen molar-refractivity contribution in [2.75, 3.05) is 0 Å². The summed E-state index contributed by atoms with van der Waals surface area (Å²) >= 11 is 0. The molecule has 0 atom stereocenters. The van der Waals surface area contributed by atoms with Crippen LogP contribution in [0.5, 0.6) is 0 Å². The second-order valence-electron chi connectivity index (χ2n) is 11.3. The molecule has 5 aromatic carbocycles. The normalized spacial score (nSPS) is 13.2. The quantitative estimate of drug-likeness (QED) is 0.224. The van der Waals surface area contributed by atoms with Crippen molar-refractivity contribution in [3.05, 3.63) is 145 Å². The van der Waals surface area contributed by atoms with E-state index in [9.17, 15) is 0 Å². The Hall–Kier alpha value is -5.35. The van der Waals surface area contributed by atoms with Crippen molar-refractivity contribution in [3.63, 3.8) is 0 Å². The van der Waals surface area contributed by atoms with Crippen molar-refractivity contribution >= 4 is 10.9 Å². The maximum absolute atomic E-state index is 4.92. The molecule has 7 aromatic rings. The number of aromatic nitrogens is 4. The third kappa shape index (κ3) is 3.72. The Labute approximate surface area is 245 Å². The Bertz CT molecular complexity index is 2030. The molecule has 2 aromatic heterocycles. The van der Waals surface area contributed by atoms with Crippen LogP contribution in [0.4, 0.5) is 0 Å². The zero-order valence-corrected chi connectivity index (χ0v) is 23.5. The highest BCUT2D eigenvalue weighted by molar-refractivity contribution is 5.99. The van der Waals surface area contributed by atoms with Gasteiger partial charge in [-0.3, -0.25) is 0 Å². The van der Waals surface area contributed by atoms with Crippen molar-refractivity contribution in [3.8, 4) is 51.1 Å². The average molecular weight is 541 g/mol. The van der Waals surface area contributed by atoms with E-state index < -0.39 is 0 Å². The van der Waals surface area contributed by atoms with Crippen molar-refractivity contribution in [2.24, 2.45) is 0 Å². The van der Waals surface area contributed by atoms with E-state index in [-0.39, 0.29) is 5.41 Å². The highest BCUT2D eigenvalue weighted by atomic mass is 15.0. The molecule has 1 aliphatic carbocycles. The Morgan fingerprint density at radius 3 is 1.62 bits per heavy atom. The summed E-state index contributed by atoms with van der Waals surface area (Å²) in [5, 5.41) is 1.30. The number of fused-ring (bicyclic) bond motifs is 5. The van der Waals surface area contributed by atoms with Gasteiger partial charge in [0, 0.05) is 38.7 Å². The number of hydrogen-bond donors (Lipinski definition) is 0. The van der Waals surface area contributed by atoms with Gasteiger partial charge in [0.25, 0.3) is 0 Å². The number of rotatable bonds is 4. The molecule has 8 rings (SSSR count). The van der Waals surface area contributed by atoms with Gasteiger partial charge in [-0.15, -0.1) is 0 Å². The van der Waals surface area contributed by atoms with E-state index in [0.717, 1.165) is 22.4 Å². The molecular formula is C38H28N4. The average Bonchev–Trinajstić information content (AvgIpc) is 3.52. The Balaban J connectivity index is 1.29. The van der Waals surface area contributed by atoms with Crippen LogP contribution in [0.3, 0.4) is 0 Å². The van der Waals surface area contributed by atoms with Gasteiger partial charge in [-0.25, -0.2) is 15.0 Å². The summed E-state index contributed by atoms with van der Waals surface area (Å²) in [5.41, 5.74) is 10.5. The van der Waals surface area contributed by atoms with Crippen LogP contribution in [0.25, 0.3) is 62.0 Å². The van der Waals surface area contributed by atoms with E-state index in [2.05, 4.69) is 91.2 Å². The number of hydrogen-bond acceptors (Lipinski definition) is 3. The van der Waals surface area contributed by atoms with E-state index in [4.69, 9.17) is 15.0 Å². The van der Waals surface area contributed by atoms with E-state index >= 15 is 0 Å². The van der Waals surface area contributed by atoms with Gasteiger partial charge in [0.2, 0.25) is 0 Å². The summed E-state index contributed by atoms with van der Waals surface area (Å²) in [5.74, 6) is 1.98. The summed E-state index contributed by atoms with van der Waals surface area (Å²) in [6, 6.07) is 46.4. The lowest BCUT2D eigenvalue weighted by Crippen LogP contribution is -2.14. The smallest absolute Gasteiger partial charge is 0.164 e. The third-order valence-corrected chi connectivity index (χ3v) is 8.44. The lowest BCUT2D eigenvalue weighted by Gasteiger charge is -2.21. The van der Waals surface area contributed by atoms with E-state index in [1.165, 1.54) is 33.3 Å². The lowest BCUT2D eigenvalue weighted by atomic mass is 9.81. The van der Waals surface area contributed by atoms with Gasteiger partial charge in [-0.2, -0.15) is 0 Å². The maximum atomic E-state index is 4.92. The van der Waals surface area contributed by atoms with Crippen LogP contribution in [0.15, 0.2) is 133 Å². The first-order valence-electron chi connectivity index (χ1n) is 14.3. The molecule has 200 valence electrons. The van der Waals surface area contributed by atoms with Crippen LogP contribution >= 0.6 is 0 Å². The standard InChI is InChI=1S/C38H28N4/c1-38(2)31-19-11-9-17-29(31)34-33(38)30-18-10-12-20-32(30)42(34)28-23-21-27(22-24-28)37-40-35(25-13-5-3-6-14-25)39-36(41-37)26-15-7-4-8-16-26/h3-24H,1-2H3. The highest BCUT2D eigenvalue weighted by Crippen LogP contribution is 2.53. The molecule has 0 aliphatic heterocycles. The van der Waals surface area contributed by atoms with Gasteiger partial charge in [0.05, 0.1) is 11.2 Å². The van der Waals surface area contributed by atoms with E-state index in [1.807, 2.05) is 60.7 Å². The minimum atomic E-state index is -0.0801. The van der Waals surface area contributed by atoms with E-state index in [1.54, 1.807) is 0 Å². The predicted octanol–water partition coefficient (Wildman–Crippen LogP) is 9.12. The van der Waals surface area contributed by atoms with Gasteiger partial charge >= 0.3 is 0 Å². The molecule has 0 unspecified atom stereocenters. The Morgan fingerprint density at radius 2 is 1.00 bits per heavy atom. The topological polar surface area (TPSA) is 43.6 Å². The van der Waals surface area contributed by atoms with Crippen LogP contribution in [-0.4, -0.2) is 19.5 Å². The molecule has 0 saturated carbocycles. The van der Waals surface area contributed by atoms with Gasteiger partial charge in [0.1, 0.15) is 0 Å². The van der Waals surface area contributed by atoms with Crippen LogP contribution in [0.1, 0.15) is 25.0 Å². The van der Waals surface area contributed by atoms with E-state index in [0.29, 0.717) is 17.5 Å². The van der Waals surface area contributed by atoms with Gasteiger partial charge < -0.3 is 4.57 Å². The van der Waals surface area contributed by atoms with Crippen LogP contribution in [0, 0.1) is 0 Å². The first-order valence-corrected chi connectivity index (χ1v) is 14.3. The molecular weight excluding hydrogens is 512 g/mol. The second-order valence-corrected chi connectivity index (χ2v) is 11.3. The SMILES string of the molecule is CC1(C)c2ccccc2-c2c1c1ccccc1n2-c1ccc(-c2nc(-c3ccccc3)nc(-c3ccccc3)n2)cc1. The summed E-state index contributed by atoms with van der Waals surface area (Å²) in [7, 11) is 0. The number of para-hydroxylation sites is 1.